The Bertz CT molecular complexity index is 790. The molecule has 0 heterocycles. The number of carbonyl (C=O) groups is 1. The van der Waals surface area contributed by atoms with Crippen molar-refractivity contribution in [2.75, 3.05) is 6.61 Å². The zero-order chi connectivity index (χ0) is 35.2. The van der Waals surface area contributed by atoms with Gasteiger partial charge in [0.15, 0.2) is 0 Å². The summed E-state index contributed by atoms with van der Waals surface area (Å²) >= 11 is 0. The highest BCUT2D eigenvalue weighted by atomic mass is 16.3. The van der Waals surface area contributed by atoms with E-state index in [-0.39, 0.29) is 18.9 Å². The molecule has 0 aromatic carbocycles. The number of carbonyl (C=O) groups excluding carboxylic acids is 1. The Morgan fingerprint density at radius 2 is 0.917 bits per heavy atom. The molecule has 0 saturated carbocycles. The quantitative estimate of drug-likeness (QED) is 0.0393. The third-order valence-electron chi connectivity index (χ3n) is 9.07. The number of aliphatic hydroxyl groups excluding tert-OH is 3. The average molecular weight is 674 g/mol. The summed E-state index contributed by atoms with van der Waals surface area (Å²) in [5, 5.41) is 32.9. The van der Waals surface area contributed by atoms with Gasteiger partial charge in [0.25, 0.3) is 0 Å². The zero-order valence-corrected chi connectivity index (χ0v) is 31.6. The lowest BCUT2D eigenvalue weighted by atomic mass is 10.0. The molecule has 3 unspecified atom stereocenters. The summed E-state index contributed by atoms with van der Waals surface area (Å²) in [6.45, 7) is 4.12. The third-order valence-corrected chi connectivity index (χ3v) is 9.07. The van der Waals surface area contributed by atoms with Crippen molar-refractivity contribution in [3.8, 4) is 0 Å². The molecular formula is C43H79NO4. The third kappa shape index (κ3) is 34.2. The molecule has 0 radical (unpaired) electrons. The molecule has 0 saturated heterocycles. The number of hydrogen-bond donors (Lipinski definition) is 4. The van der Waals surface area contributed by atoms with Gasteiger partial charge in [0, 0.05) is 0 Å². The molecule has 5 nitrogen and oxygen atoms in total. The van der Waals surface area contributed by atoms with Gasteiger partial charge in [-0.25, -0.2) is 0 Å². The molecule has 3 atom stereocenters. The largest absolute Gasteiger partial charge is 0.394 e. The van der Waals surface area contributed by atoms with Crippen molar-refractivity contribution in [2.45, 2.75) is 212 Å². The summed E-state index contributed by atoms with van der Waals surface area (Å²) in [5.41, 5.74) is 0. The van der Waals surface area contributed by atoms with Crippen LogP contribution in [-0.2, 0) is 4.79 Å². The fourth-order valence-corrected chi connectivity index (χ4v) is 5.88. The van der Waals surface area contributed by atoms with Gasteiger partial charge in [0.2, 0.25) is 5.91 Å². The first-order valence-electron chi connectivity index (χ1n) is 20.4. The molecule has 1 amide bonds. The van der Waals surface area contributed by atoms with Gasteiger partial charge in [0.1, 0.15) is 0 Å². The molecule has 0 aromatic rings. The van der Waals surface area contributed by atoms with Gasteiger partial charge in [-0.1, -0.05) is 172 Å². The Hall–Kier alpha value is -1.69. The van der Waals surface area contributed by atoms with Crippen LogP contribution < -0.4 is 5.32 Å². The maximum Gasteiger partial charge on any atom is 0.222 e. The number of allylic oxidation sites excluding steroid dienone is 7. The van der Waals surface area contributed by atoms with Crippen molar-refractivity contribution in [2.24, 2.45) is 0 Å². The lowest BCUT2D eigenvalue weighted by molar-refractivity contribution is -0.124. The molecule has 0 bridgehead atoms. The first-order chi connectivity index (χ1) is 23.5. The van der Waals surface area contributed by atoms with Crippen molar-refractivity contribution in [1.82, 2.24) is 5.32 Å². The monoisotopic (exact) mass is 674 g/mol. The first-order valence-corrected chi connectivity index (χ1v) is 20.4. The second-order valence-electron chi connectivity index (χ2n) is 13.9. The summed E-state index contributed by atoms with van der Waals surface area (Å²) in [6, 6.07) is -0.772. The second kappa shape index (κ2) is 38.1. The van der Waals surface area contributed by atoms with Crippen LogP contribution in [0.4, 0.5) is 0 Å². The lowest BCUT2D eigenvalue weighted by Crippen LogP contribution is -2.45. The number of hydrogen-bond acceptors (Lipinski definition) is 4. The van der Waals surface area contributed by atoms with Gasteiger partial charge in [-0.3, -0.25) is 4.79 Å². The normalized spacial score (nSPS) is 14.2. The van der Waals surface area contributed by atoms with Gasteiger partial charge < -0.3 is 20.6 Å². The molecule has 0 spiro atoms. The Morgan fingerprint density at radius 3 is 1.40 bits per heavy atom. The molecule has 0 aromatic heterocycles. The number of rotatable bonds is 36. The standard InChI is InChI=1S/C43H79NO4/c1-3-5-7-9-11-13-14-15-16-17-18-19-20-21-22-23-24-25-26-27-28-29-31-33-35-37-42(47)41(39-45)44-43(48)38-40(46)36-34-32-30-12-10-8-6-4-2/h10,12,24-25,28-29,35,37,40-42,45-47H,3-9,11,13-23,26-27,30-34,36,38-39H2,1-2H3,(H,44,48)/b12-10-,25-24+,29-28+,37-35+. The predicted octanol–water partition coefficient (Wildman–Crippen LogP) is 11.4. The highest BCUT2D eigenvalue weighted by molar-refractivity contribution is 5.76. The maximum absolute atomic E-state index is 12.3. The summed E-state index contributed by atoms with van der Waals surface area (Å²) in [5.74, 6) is -0.347. The SMILES string of the molecule is CCCC/C=C\CCCCC(O)CC(=O)NC(CO)C(O)/C=C/CC/C=C/CC/C=C/CCCCCCCCCCCCCCCCC. The first kappa shape index (κ1) is 46.3. The Kier molecular flexibility index (Phi) is 36.8. The van der Waals surface area contributed by atoms with Crippen molar-refractivity contribution < 1.29 is 20.1 Å². The average Bonchev–Trinajstić information content (AvgIpc) is 3.08. The molecule has 5 heteroatoms. The number of amides is 1. The van der Waals surface area contributed by atoms with Crippen LogP contribution in [-0.4, -0.2) is 46.1 Å². The molecule has 0 aliphatic heterocycles. The topological polar surface area (TPSA) is 89.8 Å². The van der Waals surface area contributed by atoms with E-state index in [2.05, 4.69) is 55.6 Å². The molecule has 4 N–H and O–H groups in total. The van der Waals surface area contributed by atoms with Crippen molar-refractivity contribution in [3.63, 3.8) is 0 Å². The Balaban J connectivity index is 3.72. The highest BCUT2D eigenvalue weighted by Gasteiger charge is 2.20. The molecule has 0 fully saturated rings. The van der Waals surface area contributed by atoms with E-state index in [9.17, 15) is 20.1 Å². The van der Waals surface area contributed by atoms with Crippen LogP contribution >= 0.6 is 0 Å². The Labute approximate surface area is 297 Å². The number of unbranched alkanes of at least 4 members (excludes halogenated alkanes) is 21. The molecule has 0 rings (SSSR count). The van der Waals surface area contributed by atoms with Crippen LogP contribution in [0.2, 0.25) is 0 Å². The van der Waals surface area contributed by atoms with Gasteiger partial charge in [-0.2, -0.15) is 0 Å². The van der Waals surface area contributed by atoms with E-state index >= 15 is 0 Å². The summed E-state index contributed by atoms with van der Waals surface area (Å²) in [6.07, 6.45) is 48.4. The van der Waals surface area contributed by atoms with Crippen molar-refractivity contribution in [1.29, 1.82) is 0 Å². The van der Waals surface area contributed by atoms with Crippen LogP contribution in [0.5, 0.6) is 0 Å². The zero-order valence-electron chi connectivity index (χ0n) is 31.6. The minimum absolute atomic E-state index is 0.0151. The lowest BCUT2D eigenvalue weighted by Gasteiger charge is -2.20. The Morgan fingerprint density at radius 1 is 0.521 bits per heavy atom. The van der Waals surface area contributed by atoms with Crippen LogP contribution in [0.25, 0.3) is 0 Å². The van der Waals surface area contributed by atoms with Crippen LogP contribution in [0.1, 0.15) is 194 Å². The van der Waals surface area contributed by atoms with Gasteiger partial charge in [-0.15, -0.1) is 0 Å². The summed E-state index contributed by atoms with van der Waals surface area (Å²) in [7, 11) is 0. The van der Waals surface area contributed by atoms with Gasteiger partial charge in [0.05, 0.1) is 31.3 Å². The van der Waals surface area contributed by atoms with E-state index in [1.807, 2.05) is 6.08 Å². The molecule has 280 valence electrons. The van der Waals surface area contributed by atoms with E-state index in [0.717, 1.165) is 51.4 Å². The smallest absolute Gasteiger partial charge is 0.222 e. The summed E-state index contributed by atoms with van der Waals surface area (Å²) < 4.78 is 0. The highest BCUT2D eigenvalue weighted by Crippen LogP contribution is 2.14. The fourth-order valence-electron chi connectivity index (χ4n) is 5.88. The molecule has 48 heavy (non-hydrogen) atoms. The minimum atomic E-state index is -0.964. The fraction of sp³-hybridized carbons (Fsp3) is 0.791. The van der Waals surface area contributed by atoms with Crippen LogP contribution in [0, 0.1) is 0 Å². The van der Waals surface area contributed by atoms with Crippen LogP contribution in [0.15, 0.2) is 48.6 Å². The van der Waals surface area contributed by atoms with Gasteiger partial charge >= 0.3 is 0 Å². The van der Waals surface area contributed by atoms with Crippen molar-refractivity contribution in [3.05, 3.63) is 48.6 Å². The molecule has 0 aliphatic rings. The van der Waals surface area contributed by atoms with Gasteiger partial charge in [-0.05, 0) is 64.2 Å². The number of aliphatic hydroxyl groups is 3. The van der Waals surface area contributed by atoms with Crippen molar-refractivity contribution >= 4 is 5.91 Å². The number of nitrogens with one attached hydrogen (secondary N) is 1. The van der Waals surface area contributed by atoms with E-state index in [0.29, 0.717) is 6.42 Å². The maximum atomic E-state index is 12.3. The molecular weight excluding hydrogens is 594 g/mol. The van der Waals surface area contributed by atoms with E-state index in [1.165, 1.54) is 116 Å². The van der Waals surface area contributed by atoms with E-state index < -0.39 is 18.2 Å². The minimum Gasteiger partial charge on any atom is -0.394 e. The summed E-state index contributed by atoms with van der Waals surface area (Å²) in [4.78, 5) is 12.3. The van der Waals surface area contributed by atoms with Crippen LogP contribution in [0.3, 0.4) is 0 Å². The van der Waals surface area contributed by atoms with E-state index in [4.69, 9.17) is 0 Å². The second-order valence-corrected chi connectivity index (χ2v) is 13.9. The molecule has 0 aliphatic carbocycles. The van der Waals surface area contributed by atoms with E-state index in [1.54, 1.807) is 6.08 Å². The predicted molar refractivity (Wildman–Crippen MR) is 208 cm³/mol.